The SMILES string of the molecule is CCCC(SCC(N)C(=O)OCC)C(=O)OCC. The van der Waals surface area contributed by atoms with Gasteiger partial charge in [0.05, 0.1) is 13.2 Å². The molecule has 0 saturated heterocycles. The number of esters is 2. The fourth-order valence-electron chi connectivity index (χ4n) is 1.30. The lowest BCUT2D eigenvalue weighted by Crippen LogP contribution is -2.36. The highest BCUT2D eigenvalue weighted by atomic mass is 32.2. The van der Waals surface area contributed by atoms with Gasteiger partial charge in [-0.3, -0.25) is 9.59 Å². The van der Waals surface area contributed by atoms with Gasteiger partial charge in [-0.05, 0) is 20.3 Å². The van der Waals surface area contributed by atoms with Crippen LogP contribution in [0.2, 0.25) is 0 Å². The Kier molecular flexibility index (Phi) is 9.77. The van der Waals surface area contributed by atoms with Crippen molar-refractivity contribution in [3.05, 3.63) is 0 Å². The molecule has 0 aromatic heterocycles. The van der Waals surface area contributed by atoms with E-state index in [9.17, 15) is 9.59 Å². The molecule has 0 bridgehead atoms. The van der Waals surface area contributed by atoms with Gasteiger partial charge in [0.1, 0.15) is 11.3 Å². The number of thioether (sulfide) groups is 1. The van der Waals surface area contributed by atoms with Crippen molar-refractivity contribution in [2.75, 3.05) is 19.0 Å². The van der Waals surface area contributed by atoms with Gasteiger partial charge in [0, 0.05) is 5.75 Å². The van der Waals surface area contributed by atoms with Gasteiger partial charge in [-0.1, -0.05) is 13.3 Å². The third-order valence-electron chi connectivity index (χ3n) is 2.17. The molecule has 106 valence electrons. The Bertz CT molecular complexity index is 260. The third-order valence-corrected chi connectivity index (χ3v) is 3.55. The van der Waals surface area contributed by atoms with Crippen molar-refractivity contribution in [1.29, 1.82) is 0 Å². The van der Waals surface area contributed by atoms with E-state index in [1.165, 1.54) is 11.8 Å². The summed E-state index contributed by atoms with van der Waals surface area (Å²) >= 11 is 1.36. The van der Waals surface area contributed by atoms with Crippen molar-refractivity contribution in [3.63, 3.8) is 0 Å². The molecule has 2 atom stereocenters. The van der Waals surface area contributed by atoms with Crippen molar-refractivity contribution in [3.8, 4) is 0 Å². The zero-order valence-electron chi connectivity index (χ0n) is 11.3. The van der Waals surface area contributed by atoms with E-state index >= 15 is 0 Å². The normalized spacial score (nSPS) is 13.8. The third kappa shape index (κ3) is 6.86. The van der Waals surface area contributed by atoms with Gasteiger partial charge in [-0.2, -0.15) is 0 Å². The molecule has 0 spiro atoms. The molecule has 0 aliphatic rings. The van der Waals surface area contributed by atoms with Gasteiger partial charge >= 0.3 is 11.9 Å². The van der Waals surface area contributed by atoms with Crippen LogP contribution in [0.4, 0.5) is 0 Å². The lowest BCUT2D eigenvalue weighted by molar-refractivity contribution is -0.144. The van der Waals surface area contributed by atoms with Gasteiger partial charge < -0.3 is 15.2 Å². The highest BCUT2D eigenvalue weighted by Crippen LogP contribution is 2.19. The lowest BCUT2D eigenvalue weighted by Gasteiger charge is -2.16. The minimum atomic E-state index is -0.691. The molecule has 0 heterocycles. The molecular formula is C12H23NO4S. The van der Waals surface area contributed by atoms with E-state index in [0.717, 1.165) is 12.8 Å². The Morgan fingerprint density at radius 3 is 2.17 bits per heavy atom. The molecule has 0 aliphatic heterocycles. The van der Waals surface area contributed by atoms with Crippen molar-refractivity contribution in [2.45, 2.75) is 44.9 Å². The maximum absolute atomic E-state index is 11.6. The number of nitrogens with two attached hydrogens (primary N) is 1. The first-order valence-corrected chi connectivity index (χ1v) is 7.32. The number of carbonyl (C=O) groups excluding carboxylic acids is 2. The molecule has 0 fully saturated rings. The summed E-state index contributed by atoms with van der Waals surface area (Å²) in [5.41, 5.74) is 5.67. The van der Waals surface area contributed by atoms with E-state index in [4.69, 9.17) is 15.2 Å². The van der Waals surface area contributed by atoms with E-state index in [2.05, 4.69) is 0 Å². The molecule has 0 aliphatic carbocycles. The predicted octanol–water partition coefficient (Wildman–Crippen LogP) is 1.34. The highest BCUT2D eigenvalue weighted by molar-refractivity contribution is 8.00. The Labute approximate surface area is 113 Å². The topological polar surface area (TPSA) is 78.6 Å². The molecular weight excluding hydrogens is 254 g/mol. The van der Waals surface area contributed by atoms with E-state index in [1.54, 1.807) is 13.8 Å². The van der Waals surface area contributed by atoms with E-state index in [1.807, 2.05) is 6.92 Å². The molecule has 6 heteroatoms. The molecule has 2 unspecified atom stereocenters. The summed E-state index contributed by atoms with van der Waals surface area (Å²) in [5, 5.41) is -0.254. The molecule has 18 heavy (non-hydrogen) atoms. The molecule has 0 radical (unpaired) electrons. The van der Waals surface area contributed by atoms with Crippen LogP contribution >= 0.6 is 11.8 Å². The first-order valence-electron chi connectivity index (χ1n) is 6.27. The molecule has 5 nitrogen and oxygen atoms in total. The van der Waals surface area contributed by atoms with Gasteiger partial charge in [-0.15, -0.1) is 11.8 Å². The van der Waals surface area contributed by atoms with E-state index < -0.39 is 12.0 Å². The summed E-state index contributed by atoms with van der Waals surface area (Å²) < 4.78 is 9.79. The fraction of sp³-hybridized carbons (Fsp3) is 0.833. The maximum atomic E-state index is 11.6. The van der Waals surface area contributed by atoms with Gasteiger partial charge in [0.2, 0.25) is 0 Å². The van der Waals surface area contributed by atoms with Crippen LogP contribution < -0.4 is 5.73 Å². The molecule has 0 aromatic carbocycles. The first-order chi connectivity index (χ1) is 8.56. The minimum absolute atomic E-state index is 0.236. The van der Waals surface area contributed by atoms with Gasteiger partial charge in [0.25, 0.3) is 0 Å². The summed E-state index contributed by atoms with van der Waals surface area (Å²) in [6.07, 6.45) is 1.60. The molecule has 0 aromatic rings. The van der Waals surface area contributed by atoms with Crippen LogP contribution in [0.1, 0.15) is 33.6 Å². The van der Waals surface area contributed by atoms with Crippen molar-refractivity contribution >= 4 is 23.7 Å². The van der Waals surface area contributed by atoms with Crippen LogP contribution in [0.15, 0.2) is 0 Å². The first kappa shape index (κ1) is 17.2. The summed E-state index contributed by atoms with van der Waals surface area (Å²) in [6, 6.07) is -0.691. The van der Waals surface area contributed by atoms with Crippen LogP contribution in [0.3, 0.4) is 0 Å². The zero-order chi connectivity index (χ0) is 14.0. The van der Waals surface area contributed by atoms with Crippen LogP contribution in [0.5, 0.6) is 0 Å². The standard InChI is InChI=1S/C12H23NO4S/c1-4-7-10(12(15)17-6-3)18-8-9(13)11(14)16-5-2/h9-10H,4-8,13H2,1-3H3. The molecule has 0 rings (SSSR count). The molecule has 0 amide bonds. The summed E-state index contributed by atoms with van der Waals surface area (Å²) in [6.45, 7) is 6.18. The van der Waals surface area contributed by atoms with Crippen LogP contribution in [-0.2, 0) is 19.1 Å². The van der Waals surface area contributed by atoms with Crippen molar-refractivity contribution in [1.82, 2.24) is 0 Å². The quantitative estimate of drug-likeness (QED) is 0.641. The summed E-state index contributed by atoms with van der Waals surface area (Å²) in [5.74, 6) is -0.299. The van der Waals surface area contributed by atoms with Crippen molar-refractivity contribution < 1.29 is 19.1 Å². The predicted molar refractivity (Wildman–Crippen MR) is 72.4 cm³/mol. The second-order valence-corrected chi connectivity index (χ2v) is 4.96. The monoisotopic (exact) mass is 277 g/mol. The average molecular weight is 277 g/mol. The maximum Gasteiger partial charge on any atom is 0.323 e. The molecule has 2 N–H and O–H groups in total. The van der Waals surface area contributed by atoms with Crippen LogP contribution in [0, 0.1) is 0 Å². The second kappa shape index (κ2) is 10.2. The second-order valence-electron chi connectivity index (χ2n) is 3.72. The summed E-state index contributed by atoms with van der Waals surface area (Å²) in [7, 11) is 0. The Hall–Kier alpha value is -0.750. The van der Waals surface area contributed by atoms with Crippen molar-refractivity contribution in [2.24, 2.45) is 5.73 Å². The highest BCUT2D eigenvalue weighted by Gasteiger charge is 2.23. The Balaban J connectivity index is 4.17. The lowest BCUT2D eigenvalue weighted by atomic mass is 10.2. The smallest absolute Gasteiger partial charge is 0.323 e. The fourth-order valence-corrected chi connectivity index (χ4v) is 2.49. The van der Waals surface area contributed by atoms with Gasteiger partial charge in [-0.25, -0.2) is 0 Å². The minimum Gasteiger partial charge on any atom is -0.465 e. The number of hydrogen-bond acceptors (Lipinski definition) is 6. The number of rotatable bonds is 9. The summed E-state index contributed by atoms with van der Waals surface area (Å²) in [4.78, 5) is 23.0. The van der Waals surface area contributed by atoms with Gasteiger partial charge in [0.15, 0.2) is 0 Å². The van der Waals surface area contributed by atoms with Crippen LogP contribution in [0.25, 0.3) is 0 Å². The zero-order valence-corrected chi connectivity index (χ0v) is 12.1. The number of hydrogen-bond donors (Lipinski definition) is 1. The Morgan fingerprint density at radius 1 is 1.11 bits per heavy atom. The van der Waals surface area contributed by atoms with E-state index in [-0.39, 0.29) is 11.2 Å². The Morgan fingerprint density at radius 2 is 1.67 bits per heavy atom. The largest absolute Gasteiger partial charge is 0.465 e. The van der Waals surface area contributed by atoms with Crippen LogP contribution in [-0.4, -0.2) is 42.2 Å². The molecule has 0 saturated carbocycles. The average Bonchev–Trinajstić information content (AvgIpc) is 2.34. The number of carbonyl (C=O) groups is 2. The van der Waals surface area contributed by atoms with E-state index in [0.29, 0.717) is 19.0 Å². The number of ether oxygens (including phenoxy) is 2.